The van der Waals surface area contributed by atoms with Gasteiger partial charge in [-0.25, -0.2) is 8.42 Å². The van der Waals surface area contributed by atoms with Crippen LogP contribution in [0.3, 0.4) is 0 Å². The van der Waals surface area contributed by atoms with Gasteiger partial charge in [-0.05, 0) is 81.0 Å². The lowest BCUT2D eigenvalue weighted by molar-refractivity contribution is -0.141. The standard InChI is InChI=1S/C41H56N2O9S/c1-6-50-31(3)27-49-28-32-10-13-34(14-11-32)37-25-35(15-19-41(44)48-5)43(53(45,46)36-16-8-30(2)9-17-36)26-40(37)52-29-33-12-18-39-38(24-33)42(21-23-51-39)20-7-22-47-4/h8-14,16-18,24,31,35,37,40H,6-7,15,19-23,25-29H2,1-5H3/t31-,35+,37-,40+/m1/s1. The number of aryl methyl sites for hydroxylation is 1. The van der Waals surface area contributed by atoms with Gasteiger partial charge in [0, 0.05) is 51.8 Å². The van der Waals surface area contributed by atoms with Crippen LogP contribution in [-0.4, -0.2) is 97.2 Å². The summed E-state index contributed by atoms with van der Waals surface area (Å²) in [5.74, 6) is 0.332. The quantitative estimate of drug-likeness (QED) is 0.103. The summed E-state index contributed by atoms with van der Waals surface area (Å²) in [6, 6.07) is 20.8. The van der Waals surface area contributed by atoms with Gasteiger partial charge < -0.3 is 33.3 Å². The maximum Gasteiger partial charge on any atom is 0.305 e. The third-order valence-corrected chi connectivity index (χ3v) is 11.9. The average Bonchev–Trinajstić information content (AvgIpc) is 3.16. The molecule has 3 aromatic rings. The zero-order chi connectivity index (χ0) is 37.8. The van der Waals surface area contributed by atoms with Crippen LogP contribution < -0.4 is 9.64 Å². The van der Waals surface area contributed by atoms with Gasteiger partial charge >= 0.3 is 5.97 Å². The highest BCUT2D eigenvalue weighted by atomic mass is 32.2. The van der Waals surface area contributed by atoms with Crippen LogP contribution in [0.2, 0.25) is 0 Å². The van der Waals surface area contributed by atoms with Crippen LogP contribution >= 0.6 is 0 Å². The fourth-order valence-corrected chi connectivity index (χ4v) is 8.78. The second-order valence-corrected chi connectivity index (χ2v) is 15.7. The first-order valence-electron chi connectivity index (χ1n) is 18.7. The Morgan fingerprint density at radius 3 is 2.47 bits per heavy atom. The molecule has 11 nitrogen and oxygen atoms in total. The van der Waals surface area contributed by atoms with Crippen LogP contribution in [-0.2, 0) is 51.7 Å². The molecular formula is C41H56N2O9S. The van der Waals surface area contributed by atoms with E-state index in [2.05, 4.69) is 35.2 Å². The number of carbonyl (C=O) groups is 1. The van der Waals surface area contributed by atoms with Gasteiger partial charge in [0.2, 0.25) is 10.0 Å². The highest BCUT2D eigenvalue weighted by Gasteiger charge is 2.43. The van der Waals surface area contributed by atoms with E-state index >= 15 is 0 Å². The first-order valence-corrected chi connectivity index (χ1v) is 20.1. The topological polar surface area (TPSA) is 113 Å². The van der Waals surface area contributed by atoms with Gasteiger partial charge in [-0.3, -0.25) is 4.79 Å². The third-order valence-electron chi connectivity index (χ3n) is 9.98. The van der Waals surface area contributed by atoms with E-state index in [1.54, 1.807) is 35.7 Å². The Kier molecular flexibility index (Phi) is 15.1. The number of hydrogen-bond donors (Lipinski definition) is 0. The van der Waals surface area contributed by atoms with Crippen LogP contribution in [0.5, 0.6) is 5.75 Å². The molecule has 2 aliphatic rings. The predicted octanol–water partition coefficient (Wildman–Crippen LogP) is 6.26. The van der Waals surface area contributed by atoms with Crippen molar-refractivity contribution in [2.45, 2.75) is 88.7 Å². The van der Waals surface area contributed by atoms with E-state index in [0.717, 1.165) is 53.2 Å². The van der Waals surface area contributed by atoms with E-state index in [1.807, 2.05) is 32.9 Å². The van der Waals surface area contributed by atoms with E-state index in [-0.39, 0.29) is 42.5 Å². The molecule has 2 heterocycles. The maximum atomic E-state index is 14.3. The largest absolute Gasteiger partial charge is 0.490 e. The van der Waals surface area contributed by atoms with Gasteiger partial charge in [-0.15, -0.1) is 0 Å². The number of esters is 1. The van der Waals surface area contributed by atoms with Crippen LogP contribution in [0.15, 0.2) is 71.6 Å². The number of anilines is 1. The van der Waals surface area contributed by atoms with E-state index in [1.165, 1.54) is 7.11 Å². The normalized spacial score (nSPS) is 19.7. The summed E-state index contributed by atoms with van der Waals surface area (Å²) in [5.41, 5.74) is 5.03. The summed E-state index contributed by atoms with van der Waals surface area (Å²) < 4.78 is 64.7. The first kappa shape index (κ1) is 40.7. The van der Waals surface area contributed by atoms with Crippen molar-refractivity contribution in [3.8, 4) is 5.75 Å². The lowest BCUT2D eigenvalue weighted by atomic mass is 9.82. The van der Waals surface area contributed by atoms with Crippen molar-refractivity contribution in [1.82, 2.24) is 4.31 Å². The molecule has 290 valence electrons. The fraction of sp³-hybridized carbons (Fsp3) is 0.537. The Hall–Kier alpha value is -3.52. The summed E-state index contributed by atoms with van der Waals surface area (Å²) in [6.45, 7) is 10.8. The molecule has 0 saturated carbocycles. The molecule has 0 radical (unpaired) electrons. The molecule has 5 rings (SSSR count). The van der Waals surface area contributed by atoms with E-state index in [9.17, 15) is 13.2 Å². The number of nitrogens with zero attached hydrogens (tertiary/aromatic N) is 2. The Morgan fingerprint density at radius 1 is 1.00 bits per heavy atom. The lowest BCUT2D eigenvalue weighted by Crippen LogP contribution is -2.52. The SMILES string of the molecule is CCO[C@H](C)COCc1ccc([C@H]2C[C@H](CCC(=O)OC)N(S(=O)(=O)c3ccc(C)cc3)C[C@@H]2OCc2ccc3c(c2)N(CCCOC)CCO3)cc1. The molecule has 1 saturated heterocycles. The Bertz CT molecular complexity index is 1700. The van der Waals surface area contributed by atoms with Gasteiger partial charge in [-0.2, -0.15) is 4.31 Å². The molecule has 4 atom stereocenters. The fourth-order valence-electron chi connectivity index (χ4n) is 7.10. The Labute approximate surface area is 315 Å². The number of rotatable bonds is 19. The highest BCUT2D eigenvalue weighted by molar-refractivity contribution is 7.89. The van der Waals surface area contributed by atoms with E-state index < -0.39 is 22.2 Å². The zero-order valence-corrected chi connectivity index (χ0v) is 32.6. The smallest absolute Gasteiger partial charge is 0.305 e. The van der Waals surface area contributed by atoms with Crippen molar-refractivity contribution in [2.24, 2.45) is 0 Å². The number of piperidine rings is 1. The van der Waals surface area contributed by atoms with Crippen molar-refractivity contribution in [3.63, 3.8) is 0 Å². The number of carbonyl (C=O) groups excluding carboxylic acids is 1. The van der Waals surface area contributed by atoms with Crippen LogP contribution in [0.25, 0.3) is 0 Å². The van der Waals surface area contributed by atoms with Gasteiger partial charge in [0.25, 0.3) is 0 Å². The molecule has 0 N–H and O–H groups in total. The van der Waals surface area contributed by atoms with Crippen LogP contribution in [0, 0.1) is 6.92 Å². The minimum atomic E-state index is -3.92. The summed E-state index contributed by atoms with van der Waals surface area (Å²) in [7, 11) is -0.857. The molecule has 0 aliphatic carbocycles. The van der Waals surface area contributed by atoms with Gasteiger partial charge in [0.15, 0.2) is 0 Å². The zero-order valence-electron chi connectivity index (χ0n) is 31.8. The molecule has 1 fully saturated rings. The molecule has 12 heteroatoms. The molecule has 0 spiro atoms. The Morgan fingerprint density at radius 2 is 1.75 bits per heavy atom. The monoisotopic (exact) mass is 752 g/mol. The van der Waals surface area contributed by atoms with Crippen molar-refractivity contribution in [2.75, 3.05) is 65.2 Å². The Balaban J connectivity index is 1.42. The molecule has 53 heavy (non-hydrogen) atoms. The van der Waals surface area contributed by atoms with Gasteiger partial charge in [-0.1, -0.05) is 48.0 Å². The number of fused-ring (bicyclic) bond motifs is 1. The molecule has 0 amide bonds. The van der Waals surface area contributed by atoms with Crippen molar-refractivity contribution in [1.29, 1.82) is 0 Å². The maximum absolute atomic E-state index is 14.3. The van der Waals surface area contributed by atoms with Crippen molar-refractivity contribution in [3.05, 3.63) is 89.0 Å². The summed E-state index contributed by atoms with van der Waals surface area (Å²) in [6.07, 6.45) is 1.35. The van der Waals surface area contributed by atoms with Crippen LogP contribution in [0.4, 0.5) is 5.69 Å². The minimum absolute atomic E-state index is 0.0156. The second-order valence-electron chi connectivity index (χ2n) is 13.9. The summed E-state index contributed by atoms with van der Waals surface area (Å²) in [5, 5.41) is 0. The minimum Gasteiger partial charge on any atom is -0.490 e. The summed E-state index contributed by atoms with van der Waals surface area (Å²) in [4.78, 5) is 14.9. The molecule has 0 aromatic heterocycles. The summed E-state index contributed by atoms with van der Waals surface area (Å²) >= 11 is 0. The molecule has 0 bridgehead atoms. The lowest BCUT2D eigenvalue weighted by Gasteiger charge is -2.43. The second kappa shape index (κ2) is 19.7. The number of sulfonamides is 1. The average molecular weight is 753 g/mol. The van der Waals surface area contributed by atoms with E-state index in [0.29, 0.717) is 45.9 Å². The number of ether oxygens (including phenoxy) is 6. The molecule has 2 aliphatic heterocycles. The van der Waals surface area contributed by atoms with Gasteiger partial charge in [0.1, 0.15) is 12.4 Å². The first-order chi connectivity index (χ1) is 25.6. The molecule has 3 aromatic carbocycles. The highest BCUT2D eigenvalue weighted by Crippen LogP contribution is 2.39. The number of benzene rings is 3. The van der Waals surface area contributed by atoms with Gasteiger partial charge in [0.05, 0.1) is 56.3 Å². The third kappa shape index (κ3) is 11.0. The van der Waals surface area contributed by atoms with Crippen LogP contribution in [0.1, 0.15) is 67.7 Å². The predicted molar refractivity (Wildman–Crippen MR) is 204 cm³/mol. The number of hydrogen-bond acceptors (Lipinski definition) is 10. The van der Waals surface area contributed by atoms with Crippen molar-refractivity contribution >= 4 is 21.7 Å². The molecular weight excluding hydrogens is 697 g/mol. The number of methoxy groups -OCH3 is 2. The molecule has 0 unspecified atom stereocenters. The van der Waals surface area contributed by atoms with E-state index in [4.69, 9.17) is 28.4 Å². The van der Waals surface area contributed by atoms with Crippen molar-refractivity contribution < 1.29 is 41.6 Å².